The molecule has 0 unspecified atom stereocenters. The molecule has 7 nitrogen and oxygen atoms in total. The van der Waals surface area contributed by atoms with Crippen LogP contribution in [0.15, 0.2) is 52.2 Å². The molecule has 0 saturated heterocycles. The Bertz CT molecular complexity index is 1270. The second-order valence-corrected chi connectivity index (χ2v) is 10.9. The molecule has 0 aliphatic heterocycles. The second-order valence-electron chi connectivity index (χ2n) is 7.24. The molecule has 32 heavy (non-hydrogen) atoms. The summed E-state index contributed by atoms with van der Waals surface area (Å²) >= 11 is 13.4. The molecule has 11 heteroatoms. The maximum atomic E-state index is 12.2. The summed E-state index contributed by atoms with van der Waals surface area (Å²) in [5.41, 5.74) is 4.10. The van der Waals surface area contributed by atoms with Gasteiger partial charge in [-0.2, -0.15) is 5.10 Å². The van der Waals surface area contributed by atoms with E-state index >= 15 is 0 Å². The van der Waals surface area contributed by atoms with Crippen LogP contribution in [0.3, 0.4) is 0 Å². The van der Waals surface area contributed by atoms with Gasteiger partial charge in [-0.1, -0.05) is 41.4 Å². The van der Waals surface area contributed by atoms with Crippen molar-refractivity contribution in [3.63, 3.8) is 0 Å². The Hall–Kier alpha value is -2.33. The number of aromatic nitrogens is 2. The molecule has 1 aromatic carbocycles. The van der Waals surface area contributed by atoms with Crippen molar-refractivity contribution in [2.45, 2.75) is 30.0 Å². The van der Waals surface area contributed by atoms with E-state index in [4.69, 9.17) is 23.2 Å². The van der Waals surface area contributed by atoms with Crippen LogP contribution in [0.5, 0.6) is 0 Å². The lowest BCUT2D eigenvalue weighted by atomic mass is 9.92. The summed E-state index contributed by atoms with van der Waals surface area (Å²) < 4.78 is 28.3. The third kappa shape index (κ3) is 5.17. The zero-order chi connectivity index (χ0) is 22.7. The van der Waals surface area contributed by atoms with Gasteiger partial charge in [-0.3, -0.25) is 4.68 Å². The first-order valence-corrected chi connectivity index (χ1v) is 13.0. The summed E-state index contributed by atoms with van der Waals surface area (Å²) in [5.74, 6) is 0. The maximum Gasteiger partial charge on any atom is 0.328 e. The quantitative estimate of drug-likeness (QED) is 0.502. The summed E-state index contributed by atoms with van der Waals surface area (Å²) in [6.07, 6.45) is 6.50. The number of thiophene rings is 1. The Labute approximate surface area is 200 Å². The number of hydrogen-bond acceptors (Lipinski definition) is 5. The molecule has 0 radical (unpaired) electrons. The molecule has 168 valence electrons. The molecule has 2 amide bonds. The highest BCUT2D eigenvalue weighted by Crippen LogP contribution is 2.31. The van der Waals surface area contributed by atoms with Crippen LogP contribution in [-0.2, 0) is 23.0 Å². The van der Waals surface area contributed by atoms with Crippen LogP contribution < -0.4 is 10.0 Å². The molecule has 1 aliphatic carbocycles. The summed E-state index contributed by atoms with van der Waals surface area (Å²) in [6, 6.07) is 7.67. The minimum atomic E-state index is -3.86. The molecule has 0 atom stereocenters. The minimum absolute atomic E-state index is 0.0905. The van der Waals surface area contributed by atoms with E-state index < -0.39 is 16.1 Å². The van der Waals surface area contributed by atoms with Crippen molar-refractivity contribution < 1.29 is 13.2 Å². The van der Waals surface area contributed by atoms with Crippen molar-refractivity contribution in [1.82, 2.24) is 19.8 Å². The highest BCUT2D eigenvalue weighted by molar-refractivity contribution is 7.92. The smallest absolute Gasteiger partial charge is 0.328 e. The van der Waals surface area contributed by atoms with Gasteiger partial charge in [0.05, 0.1) is 18.4 Å². The van der Waals surface area contributed by atoms with Gasteiger partial charge < -0.3 is 5.32 Å². The van der Waals surface area contributed by atoms with Crippen LogP contribution >= 0.6 is 34.5 Å². The van der Waals surface area contributed by atoms with E-state index in [0.29, 0.717) is 16.6 Å². The van der Waals surface area contributed by atoms with E-state index in [2.05, 4.69) is 10.4 Å². The van der Waals surface area contributed by atoms with Crippen LogP contribution in [0.25, 0.3) is 5.57 Å². The third-order valence-electron chi connectivity index (χ3n) is 5.04. The Balaban J connectivity index is 1.46. The minimum Gasteiger partial charge on any atom is -0.334 e. The first-order chi connectivity index (χ1) is 15.3. The zero-order valence-corrected chi connectivity index (χ0v) is 20.0. The number of urea groups is 1. The molecule has 1 aliphatic rings. The molecule has 3 aromatic rings. The van der Waals surface area contributed by atoms with Gasteiger partial charge in [-0.15, -0.1) is 11.3 Å². The number of sulfonamides is 1. The van der Waals surface area contributed by atoms with E-state index in [9.17, 15) is 13.2 Å². The third-order valence-corrected chi connectivity index (χ3v) is 8.36. The summed E-state index contributed by atoms with van der Waals surface area (Å²) in [6.45, 7) is 0.684. The molecule has 0 fully saturated rings. The number of fused-ring (bicyclic) bond motifs is 1. The van der Waals surface area contributed by atoms with Gasteiger partial charge in [0, 0.05) is 16.6 Å². The van der Waals surface area contributed by atoms with Crippen LogP contribution in [-0.4, -0.2) is 30.8 Å². The Morgan fingerprint density at radius 1 is 1.25 bits per heavy atom. The first-order valence-electron chi connectivity index (χ1n) is 9.85. The molecule has 0 bridgehead atoms. The van der Waals surface area contributed by atoms with Crippen LogP contribution in [0.4, 0.5) is 4.79 Å². The van der Waals surface area contributed by atoms with Crippen LogP contribution in [0, 0.1) is 0 Å². The average Bonchev–Trinajstić information content (AvgIpc) is 3.41. The topological polar surface area (TPSA) is 93.1 Å². The van der Waals surface area contributed by atoms with Crippen molar-refractivity contribution in [2.24, 2.45) is 0 Å². The number of hydrogen-bond donors (Lipinski definition) is 2. The van der Waals surface area contributed by atoms with Gasteiger partial charge >= 0.3 is 6.03 Å². The Morgan fingerprint density at radius 3 is 2.84 bits per heavy atom. The average molecular weight is 511 g/mol. The number of rotatable bonds is 6. The first kappa shape index (κ1) is 22.8. The van der Waals surface area contributed by atoms with Crippen molar-refractivity contribution in [2.75, 3.05) is 6.54 Å². The standard InChI is InChI=1S/C21H20Cl2N4O3S2/c22-17-7-6-16(18(23)11-17)13-27-20-14(3-1-4-15(20)12-25-27)8-9-24-21(28)26-32(29,30)19-5-2-10-31-19/h2,5-8,10-12H,1,3-4,9,13H2,(H2,24,26,28). The predicted molar refractivity (Wildman–Crippen MR) is 127 cm³/mol. The number of halogens is 2. The fourth-order valence-electron chi connectivity index (χ4n) is 3.59. The number of nitrogens with zero attached hydrogens (tertiary/aromatic N) is 2. The van der Waals surface area contributed by atoms with Crippen molar-refractivity contribution >= 4 is 56.2 Å². The number of nitrogens with one attached hydrogen (secondary N) is 2. The predicted octanol–water partition coefficient (Wildman–Crippen LogP) is 4.71. The highest BCUT2D eigenvalue weighted by Gasteiger charge is 2.21. The van der Waals surface area contributed by atoms with Gasteiger partial charge in [0.15, 0.2) is 0 Å². The molecule has 4 rings (SSSR count). The monoisotopic (exact) mass is 510 g/mol. The fraction of sp³-hybridized carbons (Fsp3) is 0.238. The maximum absolute atomic E-state index is 12.2. The Kier molecular flexibility index (Phi) is 6.90. The van der Waals surface area contributed by atoms with E-state index in [1.165, 1.54) is 6.07 Å². The number of allylic oxidation sites excluding steroid dienone is 1. The van der Waals surface area contributed by atoms with Crippen molar-refractivity contribution in [1.29, 1.82) is 0 Å². The van der Waals surface area contributed by atoms with E-state index in [1.807, 2.05) is 27.7 Å². The van der Waals surface area contributed by atoms with Gasteiger partial charge in [0.25, 0.3) is 10.0 Å². The molecule has 0 saturated carbocycles. The number of aryl methyl sites for hydroxylation is 1. The molecular formula is C21H20Cl2N4O3S2. The lowest BCUT2D eigenvalue weighted by Crippen LogP contribution is -2.39. The number of carbonyl (C=O) groups excluding carboxylic acids is 1. The van der Waals surface area contributed by atoms with Crippen molar-refractivity contribution in [3.8, 4) is 0 Å². The summed E-state index contributed by atoms with van der Waals surface area (Å²) in [7, 11) is -3.86. The van der Waals surface area contributed by atoms with Gasteiger partial charge in [0.2, 0.25) is 0 Å². The summed E-state index contributed by atoms with van der Waals surface area (Å²) in [5, 5.41) is 9.91. The van der Waals surface area contributed by atoms with Crippen LogP contribution in [0.2, 0.25) is 10.0 Å². The second kappa shape index (κ2) is 9.66. The van der Waals surface area contributed by atoms with Gasteiger partial charge in [-0.25, -0.2) is 17.9 Å². The SMILES string of the molecule is O=C(NCC=C1CCCc2cnn(Cc3ccc(Cl)cc3Cl)c21)NS(=O)(=O)c1cccs1. The highest BCUT2D eigenvalue weighted by atomic mass is 35.5. The fourth-order valence-corrected chi connectivity index (χ4v) is 5.98. The lowest BCUT2D eigenvalue weighted by molar-refractivity contribution is 0.247. The number of amides is 2. The van der Waals surface area contributed by atoms with E-state index in [1.54, 1.807) is 23.6 Å². The van der Waals surface area contributed by atoms with Crippen LogP contribution in [0.1, 0.15) is 29.7 Å². The van der Waals surface area contributed by atoms with Gasteiger partial charge in [-0.05, 0) is 59.5 Å². The normalized spacial score (nSPS) is 14.9. The van der Waals surface area contributed by atoms with E-state index in [0.717, 1.165) is 53.0 Å². The summed E-state index contributed by atoms with van der Waals surface area (Å²) in [4.78, 5) is 12.1. The van der Waals surface area contributed by atoms with E-state index in [-0.39, 0.29) is 10.8 Å². The Morgan fingerprint density at radius 2 is 2.09 bits per heavy atom. The molecule has 2 heterocycles. The van der Waals surface area contributed by atoms with Gasteiger partial charge in [0.1, 0.15) is 4.21 Å². The largest absolute Gasteiger partial charge is 0.334 e. The van der Waals surface area contributed by atoms with Crippen molar-refractivity contribution in [3.05, 3.63) is 74.9 Å². The zero-order valence-electron chi connectivity index (χ0n) is 16.8. The molecule has 2 N–H and O–H groups in total. The molecule has 2 aromatic heterocycles. The number of carbonyl (C=O) groups is 1. The molecular weight excluding hydrogens is 491 g/mol. The number of benzene rings is 1. The molecule has 0 spiro atoms. The lowest BCUT2D eigenvalue weighted by Gasteiger charge is -2.18.